The van der Waals surface area contributed by atoms with E-state index >= 15 is 0 Å². The predicted molar refractivity (Wildman–Crippen MR) is 53.1 cm³/mol. The Morgan fingerprint density at radius 3 is 3.00 bits per heavy atom. The predicted octanol–water partition coefficient (Wildman–Crippen LogP) is 2.77. The maximum atomic E-state index is 5.84. The number of nitrogens with one attached hydrogen (secondary N) is 1. The number of rotatable bonds is 3. The smallest absolute Gasteiger partial charge is 0.144 e. The number of hydrogen-bond acceptors (Lipinski definition) is 2. The molecule has 1 heterocycles. The highest BCUT2D eigenvalue weighted by Crippen LogP contribution is 2.17. The minimum absolute atomic E-state index is 0.0723. The first-order valence-corrected chi connectivity index (χ1v) is 4.50. The van der Waals surface area contributed by atoms with Crippen molar-refractivity contribution in [3.8, 4) is 0 Å². The number of nitrogens with zero attached hydrogens (tertiary/aromatic N) is 1. The molecule has 0 amide bonds. The zero-order valence-corrected chi connectivity index (χ0v) is 8.23. The quantitative estimate of drug-likeness (QED) is 0.767. The van der Waals surface area contributed by atoms with E-state index in [4.69, 9.17) is 23.2 Å². The average Bonchev–Trinajstić information content (AvgIpc) is 2.03. The maximum absolute atomic E-state index is 5.84. The Balaban J connectivity index is 2.57. The van der Waals surface area contributed by atoms with E-state index in [2.05, 4.69) is 10.3 Å². The van der Waals surface area contributed by atoms with E-state index in [0.717, 1.165) is 0 Å². The fourth-order valence-corrected chi connectivity index (χ4v) is 1.02. The van der Waals surface area contributed by atoms with Crippen LogP contribution in [0.5, 0.6) is 0 Å². The Bertz CT molecular complexity index is 251. The van der Waals surface area contributed by atoms with Crippen LogP contribution in [0.3, 0.4) is 0 Å². The average molecular weight is 205 g/mol. The summed E-state index contributed by atoms with van der Waals surface area (Å²) in [4.78, 5) is 4.05. The number of halogens is 2. The Morgan fingerprint density at radius 1 is 1.67 bits per heavy atom. The fourth-order valence-electron chi connectivity index (χ4n) is 0.753. The second-order valence-corrected chi connectivity index (χ2v) is 3.65. The van der Waals surface area contributed by atoms with Crippen LogP contribution in [-0.2, 0) is 0 Å². The van der Waals surface area contributed by atoms with Crippen molar-refractivity contribution >= 4 is 29.0 Å². The van der Waals surface area contributed by atoms with Gasteiger partial charge < -0.3 is 5.32 Å². The van der Waals surface area contributed by atoms with Crippen LogP contribution in [0.2, 0.25) is 5.02 Å². The lowest BCUT2D eigenvalue weighted by molar-refractivity contribution is 0.978. The van der Waals surface area contributed by atoms with Gasteiger partial charge >= 0.3 is 0 Å². The van der Waals surface area contributed by atoms with Gasteiger partial charge in [0.2, 0.25) is 0 Å². The third-order valence-electron chi connectivity index (χ3n) is 1.31. The van der Waals surface area contributed by atoms with Crippen LogP contribution >= 0.6 is 23.2 Å². The first-order valence-electron chi connectivity index (χ1n) is 3.68. The topological polar surface area (TPSA) is 24.9 Å². The zero-order valence-electron chi connectivity index (χ0n) is 6.72. The number of anilines is 1. The van der Waals surface area contributed by atoms with Gasteiger partial charge in [0.05, 0.1) is 5.02 Å². The fraction of sp³-hybridized carbons (Fsp3) is 0.375. The third kappa shape index (κ3) is 2.88. The van der Waals surface area contributed by atoms with Gasteiger partial charge in [-0.2, -0.15) is 0 Å². The molecular formula is C8H10Cl2N2. The van der Waals surface area contributed by atoms with Crippen molar-refractivity contribution in [1.29, 1.82) is 0 Å². The summed E-state index contributed by atoms with van der Waals surface area (Å²) in [5, 5.41) is 3.73. The molecule has 2 nitrogen and oxygen atoms in total. The summed E-state index contributed by atoms with van der Waals surface area (Å²) < 4.78 is 0. The molecule has 12 heavy (non-hydrogen) atoms. The Kier molecular flexibility index (Phi) is 3.63. The first kappa shape index (κ1) is 9.62. The molecule has 1 N–H and O–H groups in total. The third-order valence-corrected chi connectivity index (χ3v) is 1.77. The second-order valence-electron chi connectivity index (χ2n) is 2.50. The minimum Gasteiger partial charge on any atom is -0.367 e. The van der Waals surface area contributed by atoms with Crippen molar-refractivity contribution < 1.29 is 0 Å². The van der Waals surface area contributed by atoms with Gasteiger partial charge in [-0.05, 0) is 19.1 Å². The zero-order chi connectivity index (χ0) is 8.97. The normalized spacial score (nSPS) is 12.6. The van der Waals surface area contributed by atoms with E-state index in [1.807, 2.05) is 6.92 Å². The van der Waals surface area contributed by atoms with Gasteiger partial charge in [-0.25, -0.2) is 4.98 Å². The Morgan fingerprint density at radius 2 is 2.42 bits per heavy atom. The molecule has 0 spiro atoms. The molecular weight excluding hydrogens is 195 g/mol. The van der Waals surface area contributed by atoms with Crippen molar-refractivity contribution in [1.82, 2.24) is 4.98 Å². The van der Waals surface area contributed by atoms with Crippen molar-refractivity contribution in [2.24, 2.45) is 0 Å². The molecule has 0 radical (unpaired) electrons. The molecule has 0 saturated carbocycles. The van der Waals surface area contributed by atoms with E-state index in [-0.39, 0.29) is 5.38 Å². The van der Waals surface area contributed by atoms with Crippen molar-refractivity contribution in [3.05, 3.63) is 23.4 Å². The molecule has 0 aromatic carbocycles. The second kappa shape index (κ2) is 4.53. The standard InChI is InChI=1S/C8H10Cl2N2/c1-6(9)5-12-8-7(10)3-2-4-11-8/h2-4,6H,5H2,1H3,(H,11,12). The molecule has 1 aromatic rings. The van der Waals surface area contributed by atoms with Crippen molar-refractivity contribution in [2.75, 3.05) is 11.9 Å². The van der Waals surface area contributed by atoms with Gasteiger partial charge in [0, 0.05) is 18.1 Å². The van der Waals surface area contributed by atoms with E-state index in [1.165, 1.54) is 0 Å². The van der Waals surface area contributed by atoms with E-state index in [9.17, 15) is 0 Å². The summed E-state index contributed by atoms with van der Waals surface area (Å²) >= 11 is 11.6. The van der Waals surface area contributed by atoms with Gasteiger partial charge in [0.1, 0.15) is 5.82 Å². The minimum atomic E-state index is 0.0723. The lowest BCUT2D eigenvalue weighted by Crippen LogP contribution is -2.11. The van der Waals surface area contributed by atoms with Crippen molar-refractivity contribution in [3.63, 3.8) is 0 Å². The molecule has 0 aliphatic rings. The summed E-state index contributed by atoms with van der Waals surface area (Å²) in [5.74, 6) is 0.687. The van der Waals surface area contributed by atoms with Gasteiger partial charge in [-0.3, -0.25) is 0 Å². The van der Waals surface area contributed by atoms with Gasteiger partial charge in [0.25, 0.3) is 0 Å². The molecule has 1 unspecified atom stereocenters. The maximum Gasteiger partial charge on any atom is 0.144 e. The molecule has 0 fully saturated rings. The van der Waals surface area contributed by atoms with Crippen molar-refractivity contribution in [2.45, 2.75) is 12.3 Å². The highest BCUT2D eigenvalue weighted by atomic mass is 35.5. The van der Waals surface area contributed by atoms with Gasteiger partial charge in [0.15, 0.2) is 0 Å². The lowest BCUT2D eigenvalue weighted by Gasteiger charge is -2.07. The first-order chi connectivity index (χ1) is 5.70. The summed E-state index contributed by atoms with van der Waals surface area (Å²) in [6.07, 6.45) is 1.69. The molecule has 1 aromatic heterocycles. The van der Waals surface area contributed by atoms with Crippen LogP contribution in [-0.4, -0.2) is 16.9 Å². The highest BCUT2D eigenvalue weighted by Gasteiger charge is 2.00. The lowest BCUT2D eigenvalue weighted by atomic mass is 10.4. The largest absolute Gasteiger partial charge is 0.367 e. The highest BCUT2D eigenvalue weighted by molar-refractivity contribution is 6.32. The molecule has 0 bridgehead atoms. The van der Waals surface area contributed by atoms with E-state index < -0.39 is 0 Å². The number of alkyl halides is 1. The summed E-state index contributed by atoms with van der Waals surface area (Å²) in [6.45, 7) is 2.57. The van der Waals surface area contributed by atoms with Crippen LogP contribution in [0, 0.1) is 0 Å². The summed E-state index contributed by atoms with van der Waals surface area (Å²) in [6, 6.07) is 3.58. The molecule has 0 saturated heterocycles. The number of aromatic nitrogens is 1. The van der Waals surface area contributed by atoms with Gasteiger partial charge in [-0.1, -0.05) is 11.6 Å². The molecule has 66 valence electrons. The van der Waals surface area contributed by atoms with Crippen LogP contribution in [0.15, 0.2) is 18.3 Å². The van der Waals surface area contributed by atoms with Crippen LogP contribution < -0.4 is 5.32 Å². The van der Waals surface area contributed by atoms with Crippen LogP contribution in [0.1, 0.15) is 6.92 Å². The Hall–Kier alpha value is -0.470. The van der Waals surface area contributed by atoms with Gasteiger partial charge in [-0.15, -0.1) is 11.6 Å². The molecule has 1 atom stereocenters. The number of hydrogen-bond donors (Lipinski definition) is 1. The van der Waals surface area contributed by atoms with Crippen LogP contribution in [0.4, 0.5) is 5.82 Å². The summed E-state index contributed by atoms with van der Waals surface area (Å²) in [5.41, 5.74) is 0. The Labute approximate surface area is 81.9 Å². The number of pyridine rings is 1. The van der Waals surface area contributed by atoms with E-state index in [0.29, 0.717) is 17.4 Å². The van der Waals surface area contributed by atoms with E-state index in [1.54, 1.807) is 18.3 Å². The molecule has 4 heteroatoms. The molecule has 0 aliphatic heterocycles. The molecule has 0 aliphatic carbocycles. The summed E-state index contributed by atoms with van der Waals surface area (Å²) in [7, 11) is 0. The van der Waals surface area contributed by atoms with Crippen LogP contribution in [0.25, 0.3) is 0 Å². The monoisotopic (exact) mass is 204 g/mol. The molecule has 1 rings (SSSR count). The SMILES string of the molecule is CC(Cl)CNc1ncccc1Cl.